The Bertz CT molecular complexity index is 560. The molecule has 2 saturated carbocycles. The fourth-order valence-electron chi connectivity index (χ4n) is 3.88. The Kier molecular flexibility index (Phi) is 6.25. The number of nitrogens with one attached hydrogen (secondary N) is 1. The van der Waals surface area contributed by atoms with E-state index >= 15 is 0 Å². The predicted octanol–water partition coefficient (Wildman–Crippen LogP) is 2.57. The van der Waals surface area contributed by atoms with Crippen LogP contribution in [0.15, 0.2) is 21.8 Å². The molecule has 1 saturated heterocycles. The zero-order valence-corrected chi connectivity index (χ0v) is 17.4. The van der Waals surface area contributed by atoms with E-state index in [-0.39, 0.29) is 24.0 Å². The van der Waals surface area contributed by atoms with Gasteiger partial charge in [-0.3, -0.25) is 9.89 Å². The number of nitrogens with zero attached hydrogens (tertiary/aromatic N) is 4. The Hall–Kier alpha value is -0.830. The fraction of sp³-hybridized carbons (Fsp3) is 0.778. The summed E-state index contributed by atoms with van der Waals surface area (Å²) in [4.78, 5) is 9.88. The smallest absolute Gasteiger partial charge is 0.194 e. The maximum Gasteiger partial charge on any atom is 0.194 e. The van der Waals surface area contributed by atoms with Crippen molar-refractivity contribution in [2.75, 3.05) is 39.3 Å². The van der Waals surface area contributed by atoms with Gasteiger partial charge in [0.2, 0.25) is 0 Å². The second-order valence-electron chi connectivity index (χ2n) is 7.56. The van der Waals surface area contributed by atoms with Crippen molar-refractivity contribution >= 4 is 29.9 Å². The lowest BCUT2D eigenvalue weighted by Gasteiger charge is -2.36. The Morgan fingerprint density at radius 1 is 1.32 bits per heavy atom. The number of hydrogen-bond donors (Lipinski definition) is 1. The maximum atomic E-state index is 5.02. The summed E-state index contributed by atoms with van der Waals surface area (Å²) in [6, 6.07) is 1.95. The van der Waals surface area contributed by atoms with Gasteiger partial charge in [-0.05, 0) is 43.9 Å². The Morgan fingerprint density at radius 3 is 2.64 bits per heavy atom. The van der Waals surface area contributed by atoms with E-state index in [1.165, 1.54) is 25.7 Å². The molecule has 1 aliphatic heterocycles. The number of halogens is 1. The molecule has 1 aromatic heterocycles. The average Bonchev–Trinajstić information content (AvgIpc) is 3.52. The molecule has 2 heterocycles. The topological polar surface area (TPSA) is 56.9 Å². The van der Waals surface area contributed by atoms with Crippen LogP contribution in [0.4, 0.5) is 0 Å². The van der Waals surface area contributed by atoms with E-state index in [0.29, 0.717) is 5.41 Å². The highest BCUT2D eigenvalue weighted by Crippen LogP contribution is 2.61. The lowest BCUT2D eigenvalue weighted by atomic mass is 10.0. The molecule has 0 spiro atoms. The van der Waals surface area contributed by atoms with Crippen LogP contribution in [-0.2, 0) is 6.54 Å². The van der Waals surface area contributed by atoms with Crippen molar-refractivity contribution in [3.05, 3.63) is 18.0 Å². The highest BCUT2D eigenvalue weighted by molar-refractivity contribution is 14.0. The summed E-state index contributed by atoms with van der Waals surface area (Å²) in [5.74, 6) is 2.09. The SMILES string of the molecule is CCNC(=NCC1(C2CC2)CC1)N1CCN(Cc2ccon2)CC1.I. The minimum absolute atomic E-state index is 0. The monoisotopic (exact) mass is 459 g/mol. The molecule has 0 amide bonds. The molecule has 4 rings (SSSR count). The molecular weight excluding hydrogens is 429 g/mol. The third-order valence-corrected chi connectivity index (χ3v) is 5.76. The summed E-state index contributed by atoms with van der Waals surface area (Å²) >= 11 is 0. The number of piperazine rings is 1. The third-order valence-electron chi connectivity index (χ3n) is 5.76. The van der Waals surface area contributed by atoms with Crippen LogP contribution in [0.5, 0.6) is 0 Å². The summed E-state index contributed by atoms with van der Waals surface area (Å²) in [7, 11) is 0. The number of aliphatic imine (C=N–C) groups is 1. The first-order valence-electron chi connectivity index (χ1n) is 9.44. The molecule has 6 nitrogen and oxygen atoms in total. The molecule has 3 aliphatic rings. The Labute approximate surface area is 167 Å². The molecule has 0 aromatic carbocycles. The summed E-state index contributed by atoms with van der Waals surface area (Å²) in [6.07, 6.45) is 7.31. The van der Waals surface area contributed by atoms with Gasteiger partial charge in [0, 0.05) is 51.9 Å². The first kappa shape index (κ1) is 18.9. The van der Waals surface area contributed by atoms with Crippen molar-refractivity contribution in [3.8, 4) is 0 Å². The van der Waals surface area contributed by atoms with Crippen LogP contribution in [0.25, 0.3) is 0 Å². The maximum absolute atomic E-state index is 5.02. The van der Waals surface area contributed by atoms with E-state index < -0.39 is 0 Å². The van der Waals surface area contributed by atoms with Crippen LogP contribution in [-0.4, -0.2) is 60.2 Å². The van der Waals surface area contributed by atoms with Gasteiger partial charge in [0.15, 0.2) is 5.96 Å². The highest BCUT2D eigenvalue weighted by Gasteiger charge is 2.53. The number of rotatable bonds is 6. The van der Waals surface area contributed by atoms with Gasteiger partial charge < -0.3 is 14.7 Å². The largest absolute Gasteiger partial charge is 0.364 e. The van der Waals surface area contributed by atoms with Gasteiger partial charge in [-0.2, -0.15) is 0 Å². The minimum atomic E-state index is 0. The van der Waals surface area contributed by atoms with E-state index in [9.17, 15) is 0 Å². The van der Waals surface area contributed by atoms with Crippen molar-refractivity contribution in [1.29, 1.82) is 0 Å². The van der Waals surface area contributed by atoms with Gasteiger partial charge in [0.25, 0.3) is 0 Å². The molecule has 0 radical (unpaired) electrons. The molecule has 140 valence electrons. The van der Waals surface area contributed by atoms with Crippen LogP contribution in [0.1, 0.15) is 38.3 Å². The van der Waals surface area contributed by atoms with Crippen LogP contribution >= 0.6 is 24.0 Å². The molecule has 1 aromatic rings. The van der Waals surface area contributed by atoms with Gasteiger partial charge in [0.05, 0.1) is 5.69 Å². The summed E-state index contributed by atoms with van der Waals surface area (Å²) in [6.45, 7) is 9.15. The van der Waals surface area contributed by atoms with Gasteiger partial charge >= 0.3 is 0 Å². The van der Waals surface area contributed by atoms with Crippen molar-refractivity contribution in [2.45, 2.75) is 39.2 Å². The third kappa shape index (κ3) is 4.67. The number of hydrogen-bond acceptors (Lipinski definition) is 4. The number of aromatic nitrogens is 1. The van der Waals surface area contributed by atoms with Gasteiger partial charge in [-0.15, -0.1) is 24.0 Å². The van der Waals surface area contributed by atoms with E-state index in [4.69, 9.17) is 9.52 Å². The molecular formula is C18H30IN5O. The van der Waals surface area contributed by atoms with Crippen molar-refractivity contribution in [3.63, 3.8) is 0 Å². The zero-order chi connectivity index (χ0) is 16.4. The predicted molar refractivity (Wildman–Crippen MR) is 109 cm³/mol. The minimum Gasteiger partial charge on any atom is -0.364 e. The van der Waals surface area contributed by atoms with Gasteiger partial charge in [-0.25, -0.2) is 0 Å². The van der Waals surface area contributed by atoms with Crippen LogP contribution < -0.4 is 5.32 Å². The van der Waals surface area contributed by atoms with E-state index in [2.05, 4.69) is 27.2 Å². The molecule has 7 heteroatoms. The van der Waals surface area contributed by atoms with Crippen LogP contribution in [0.3, 0.4) is 0 Å². The lowest BCUT2D eigenvalue weighted by Crippen LogP contribution is -2.52. The fourth-order valence-corrected chi connectivity index (χ4v) is 3.88. The van der Waals surface area contributed by atoms with Gasteiger partial charge in [0.1, 0.15) is 6.26 Å². The van der Waals surface area contributed by atoms with Gasteiger partial charge in [-0.1, -0.05) is 5.16 Å². The summed E-state index contributed by atoms with van der Waals surface area (Å²) < 4.78 is 4.93. The first-order valence-corrected chi connectivity index (χ1v) is 9.44. The Morgan fingerprint density at radius 2 is 2.08 bits per heavy atom. The zero-order valence-electron chi connectivity index (χ0n) is 15.1. The summed E-state index contributed by atoms with van der Waals surface area (Å²) in [5.41, 5.74) is 1.60. The van der Waals surface area contributed by atoms with Crippen LogP contribution in [0.2, 0.25) is 0 Å². The lowest BCUT2D eigenvalue weighted by molar-refractivity contribution is 0.169. The average molecular weight is 459 g/mol. The van der Waals surface area contributed by atoms with Crippen LogP contribution in [0, 0.1) is 11.3 Å². The van der Waals surface area contributed by atoms with Crippen molar-refractivity contribution in [1.82, 2.24) is 20.3 Å². The first-order chi connectivity index (χ1) is 11.8. The molecule has 0 bridgehead atoms. The van der Waals surface area contributed by atoms with E-state index in [0.717, 1.165) is 63.4 Å². The molecule has 3 fully saturated rings. The summed E-state index contributed by atoms with van der Waals surface area (Å²) in [5, 5.41) is 7.52. The molecule has 0 atom stereocenters. The molecule has 1 N–H and O–H groups in total. The molecule has 0 unspecified atom stereocenters. The number of guanidine groups is 1. The Balaban J connectivity index is 0.00000182. The quantitative estimate of drug-likeness (QED) is 0.403. The second kappa shape index (κ2) is 8.24. The van der Waals surface area contributed by atoms with E-state index in [1.54, 1.807) is 6.26 Å². The normalized spacial score (nSPS) is 23.2. The molecule has 2 aliphatic carbocycles. The van der Waals surface area contributed by atoms with Crippen molar-refractivity contribution < 1.29 is 4.52 Å². The van der Waals surface area contributed by atoms with E-state index in [1.807, 2.05) is 6.07 Å². The van der Waals surface area contributed by atoms with Crippen molar-refractivity contribution in [2.24, 2.45) is 16.3 Å². The second-order valence-corrected chi connectivity index (χ2v) is 7.56. The highest BCUT2D eigenvalue weighted by atomic mass is 127. The standard InChI is InChI=1S/C18H29N5O.HI/c1-2-19-17(20-14-18(6-7-18)15-3-4-15)23-10-8-22(9-11-23)13-16-5-12-24-21-16;/h5,12,15H,2-4,6-11,13-14H2,1H3,(H,19,20);1H. The molecule has 25 heavy (non-hydrogen) atoms.